The molecular weight excluding hydrogens is 689 g/mol. The summed E-state index contributed by atoms with van der Waals surface area (Å²) in [6.45, 7) is 0. The maximum atomic E-state index is 2.49. The van der Waals surface area contributed by atoms with Crippen LogP contribution in [-0.4, -0.2) is 0 Å². The molecule has 0 atom stereocenters. The molecule has 0 saturated carbocycles. The minimum absolute atomic E-state index is 1.23. The first-order valence-electron chi connectivity index (χ1n) is 18.5. The monoisotopic (exact) mass is 718 g/mol. The fourth-order valence-electron chi connectivity index (χ4n) is 9.16. The maximum absolute atomic E-state index is 2.49. The van der Waals surface area contributed by atoms with Gasteiger partial charge in [0.25, 0.3) is 0 Å². The Labute approximate surface area is 319 Å². The molecule has 0 nitrogen and oxygen atoms in total. The second kappa shape index (κ2) is 11.6. The van der Waals surface area contributed by atoms with Crippen LogP contribution in [0, 0.1) is 0 Å². The summed E-state index contributed by atoms with van der Waals surface area (Å²) in [6, 6.07) is 67.8. The Bertz CT molecular complexity index is 3440. The minimum Gasteiger partial charge on any atom is -0.135 e. The Morgan fingerprint density at radius 3 is 1.57 bits per heavy atom. The first-order chi connectivity index (χ1) is 26.8. The van der Waals surface area contributed by atoms with Crippen LogP contribution in [0.25, 0.3) is 117 Å². The standard InChI is InChI=1S/C52H30S2/c1-2-17-35-31(13-1)14-12-24-36(35)32-15-11-16-33(29-32)47-37-18-3-5-20-39(37)49(40-21-6-4-19-38(40)47)43-30-34-27-28-46-50(41-22-7-9-25-44(41)53-46)48(34)51-42-23-8-10-26-45(42)54-52(43)51/h1-30H. The number of hydrogen-bond donors (Lipinski definition) is 0. The lowest BCUT2D eigenvalue weighted by Crippen LogP contribution is -1.92. The average molecular weight is 719 g/mol. The lowest BCUT2D eigenvalue weighted by molar-refractivity contribution is 1.63. The molecule has 2 heterocycles. The van der Waals surface area contributed by atoms with Gasteiger partial charge in [0.05, 0.1) is 0 Å². The van der Waals surface area contributed by atoms with E-state index in [1.807, 2.05) is 22.7 Å². The Kier molecular flexibility index (Phi) is 6.48. The molecule has 54 heavy (non-hydrogen) atoms. The molecule has 0 aliphatic carbocycles. The van der Waals surface area contributed by atoms with Crippen molar-refractivity contribution in [2.45, 2.75) is 0 Å². The first kappa shape index (κ1) is 30.2. The fourth-order valence-corrected chi connectivity index (χ4v) is 11.5. The molecule has 0 bridgehead atoms. The molecule has 2 heteroatoms. The van der Waals surface area contributed by atoms with Gasteiger partial charge in [0.15, 0.2) is 0 Å². The summed E-state index contributed by atoms with van der Waals surface area (Å²) in [5.74, 6) is 0. The summed E-state index contributed by atoms with van der Waals surface area (Å²) in [7, 11) is 0. The van der Waals surface area contributed by atoms with Gasteiger partial charge < -0.3 is 0 Å². The van der Waals surface area contributed by atoms with Crippen LogP contribution in [0.4, 0.5) is 0 Å². The molecule has 250 valence electrons. The third kappa shape index (κ3) is 4.30. The molecule has 12 rings (SSSR count). The van der Waals surface area contributed by atoms with Gasteiger partial charge in [0.1, 0.15) is 0 Å². The van der Waals surface area contributed by atoms with Crippen LogP contribution in [0.2, 0.25) is 0 Å². The Balaban J connectivity index is 1.20. The van der Waals surface area contributed by atoms with Crippen molar-refractivity contribution in [1.82, 2.24) is 0 Å². The fraction of sp³-hybridized carbons (Fsp3) is 0. The molecule has 0 saturated heterocycles. The van der Waals surface area contributed by atoms with Gasteiger partial charge in [-0.15, -0.1) is 22.7 Å². The van der Waals surface area contributed by atoms with Gasteiger partial charge >= 0.3 is 0 Å². The number of rotatable bonds is 3. The number of hydrogen-bond acceptors (Lipinski definition) is 2. The highest BCUT2D eigenvalue weighted by Crippen LogP contribution is 2.52. The van der Waals surface area contributed by atoms with Crippen LogP contribution in [0.1, 0.15) is 0 Å². The summed E-state index contributed by atoms with van der Waals surface area (Å²) >= 11 is 3.84. The second-order valence-electron chi connectivity index (χ2n) is 14.3. The average Bonchev–Trinajstić information content (AvgIpc) is 3.82. The smallest absolute Gasteiger partial charge is 0.0440 e. The predicted molar refractivity (Wildman–Crippen MR) is 239 cm³/mol. The molecule has 0 spiro atoms. The molecule has 0 aliphatic rings. The van der Waals surface area contributed by atoms with Crippen LogP contribution >= 0.6 is 22.7 Å². The zero-order valence-electron chi connectivity index (χ0n) is 29.1. The Morgan fingerprint density at radius 1 is 0.278 bits per heavy atom. The highest BCUT2D eigenvalue weighted by Gasteiger charge is 2.23. The second-order valence-corrected chi connectivity index (χ2v) is 16.4. The van der Waals surface area contributed by atoms with Gasteiger partial charge in [-0.05, 0) is 95.9 Å². The van der Waals surface area contributed by atoms with E-state index in [-0.39, 0.29) is 0 Å². The topological polar surface area (TPSA) is 0 Å². The highest BCUT2D eigenvalue weighted by atomic mass is 32.1. The van der Waals surface area contributed by atoms with E-state index < -0.39 is 0 Å². The summed E-state index contributed by atoms with van der Waals surface area (Å²) in [5.41, 5.74) is 7.62. The molecule has 0 N–H and O–H groups in total. The van der Waals surface area contributed by atoms with E-state index in [1.165, 1.54) is 117 Å². The van der Waals surface area contributed by atoms with E-state index in [0.717, 1.165) is 0 Å². The Morgan fingerprint density at radius 2 is 0.833 bits per heavy atom. The van der Waals surface area contributed by atoms with Crippen molar-refractivity contribution < 1.29 is 0 Å². The highest BCUT2D eigenvalue weighted by molar-refractivity contribution is 7.27. The third-order valence-corrected chi connectivity index (χ3v) is 13.8. The molecule has 10 aromatic carbocycles. The molecule has 0 amide bonds. The van der Waals surface area contributed by atoms with Crippen LogP contribution in [0.15, 0.2) is 182 Å². The van der Waals surface area contributed by atoms with E-state index >= 15 is 0 Å². The lowest BCUT2D eigenvalue weighted by atomic mass is 9.84. The van der Waals surface area contributed by atoms with Crippen molar-refractivity contribution >= 4 is 106 Å². The van der Waals surface area contributed by atoms with Gasteiger partial charge in [-0.1, -0.05) is 152 Å². The van der Waals surface area contributed by atoms with Crippen molar-refractivity contribution in [2.24, 2.45) is 0 Å². The van der Waals surface area contributed by atoms with E-state index in [1.54, 1.807) is 0 Å². The molecular formula is C52H30S2. The summed E-state index contributed by atoms with van der Waals surface area (Å²) in [5, 5.41) is 15.7. The minimum atomic E-state index is 1.23. The van der Waals surface area contributed by atoms with Gasteiger partial charge in [-0.2, -0.15) is 0 Å². The van der Waals surface area contributed by atoms with Gasteiger partial charge in [0, 0.05) is 51.3 Å². The van der Waals surface area contributed by atoms with Crippen LogP contribution in [0.3, 0.4) is 0 Å². The summed E-state index contributed by atoms with van der Waals surface area (Å²) in [6.07, 6.45) is 0. The summed E-state index contributed by atoms with van der Waals surface area (Å²) in [4.78, 5) is 0. The number of fused-ring (bicyclic) bond motifs is 12. The first-order valence-corrected chi connectivity index (χ1v) is 20.1. The van der Waals surface area contributed by atoms with Crippen molar-refractivity contribution in [3.63, 3.8) is 0 Å². The van der Waals surface area contributed by atoms with Crippen molar-refractivity contribution in [1.29, 1.82) is 0 Å². The van der Waals surface area contributed by atoms with E-state index in [9.17, 15) is 0 Å². The Hall–Kier alpha value is -6.32. The van der Waals surface area contributed by atoms with Crippen molar-refractivity contribution in [3.05, 3.63) is 182 Å². The zero-order chi connectivity index (χ0) is 35.3. The predicted octanol–water partition coefficient (Wildman–Crippen LogP) is 16.0. The van der Waals surface area contributed by atoms with Crippen molar-refractivity contribution in [2.75, 3.05) is 0 Å². The summed E-state index contributed by atoms with van der Waals surface area (Å²) < 4.78 is 5.37. The third-order valence-electron chi connectivity index (χ3n) is 11.4. The van der Waals surface area contributed by atoms with Crippen LogP contribution < -0.4 is 0 Å². The largest absolute Gasteiger partial charge is 0.135 e. The van der Waals surface area contributed by atoms with Gasteiger partial charge in [-0.3, -0.25) is 0 Å². The molecule has 0 radical (unpaired) electrons. The molecule has 12 aromatic rings. The molecule has 2 aromatic heterocycles. The maximum Gasteiger partial charge on any atom is 0.0440 e. The van der Waals surface area contributed by atoms with Crippen LogP contribution in [-0.2, 0) is 0 Å². The van der Waals surface area contributed by atoms with E-state index in [0.29, 0.717) is 0 Å². The van der Waals surface area contributed by atoms with Gasteiger partial charge in [-0.25, -0.2) is 0 Å². The number of benzene rings is 10. The SMILES string of the molecule is c1cc(-c2cccc3ccccc23)cc(-c2c3ccccc3c(-c3cc4ccc5sc6ccccc6c5c4c4c3sc3ccccc34)c3ccccc23)c1. The zero-order valence-corrected chi connectivity index (χ0v) is 30.8. The quantitative estimate of drug-likeness (QED) is 0.160. The van der Waals surface area contributed by atoms with Crippen LogP contribution in [0.5, 0.6) is 0 Å². The molecule has 0 unspecified atom stereocenters. The van der Waals surface area contributed by atoms with E-state index in [2.05, 4.69) is 182 Å². The normalized spacial score (nSPS) is 12.1. The van der Waals surface area contributed by atoms with Gasteiger partial charge in [0.2, 0.25) is 0 Å². The molecule has 0 fully saturated rings. The number of thiophene rings is 2. The molecule has 0 aliphatic heterocycles. The van der Waals surface area contributed by atoms with E-state index in [4.69, 9.17) is 0 Å². The van der Waals surface area contributed by atoms with Crippen molar-refractivity contribution in [3.8, 4) is 33.4 Å². The lowest BCUT2D eigenvalue weighted by Gasteiger charge is -2.19.